The largest absolute Gasteiger partial charge is 1.00 e. The van der Waals surface area contributed by atoms with Crippen LogP contribution in [-0.2, 0) is 0 Å². The molecule has 0 bridgehead atoms. The maximum absolute atomic E-state index is 12.3. The average molecular weight is 238 g/mol. The monoisotopic (exact) mass is 238 g/mol. The first kappa shape index (κ1) is 14.5. The van der Waals surface area contributed by atoms with E-state index in [1.54, 1.807) is 0 Å². The molecule has 0 unspecified atom stereocenters. The normalized spacial score (nSPS) is 11.0. The summed E-state index contributed by atoms with van der Waals surface area (Å²) in [5.41, 5.74) is -1.49. The Hall–Kier alpha value is 0.501. The summed E-state index contributed by atoms with van der Waals surface area (Å²) in [5, 5.41) is 0. The molecule has 0 aromatic heterocycles. The van der Waals surface area contributed by atoms with Crippen LogP contribution in [0.1, 0.15) is 0 Å². The van der Waals surface area contributed by atoms with Gasteiger partial charge in [0.1, 0.15) is 0 Å². The van der Waals surface area contributed by atoms with Gasteiger partial charge in [0, 0.05) is 0 Å². The Morgan fingerprint density at radius 3 is 1.50 bits per heavy atom. The van der Waals surface area contributed by atoms with Gasteiger partial charge < -0.3 is 12.9 Å². The summed E-state index contributed by atoms with van der Waals surface area (Å²) in [7, 11) is 0. The summed E-state index contributed by atoms with van der Waals surface area (Å²) in [4.78, 5) is 0. The van der Waals surface area contributed by atoms with E-state index in [9.17, 15) is 26.1 Å². The molecular formula is C6H2BF6K. The van der Waals surface area contributed by atoms with E-state index in [2.05, 4.69) is 0 Å². The zero-order valence-electron chi connectivity index (χ0n) is 7.00. The first-order valence-corrected chi connectivity index (χ1v) is 3.16. The summed E-state index contributed by atoms with van der Waals surface area (Å²) in [6.07, 6.45) is 0. The third kappa shape index (κ3) is 3.27. The van der Waals surface area contributed by atoms with Gasteiger partial charge in [-0.3, -0.25) is 0 Å². The van der Waals surface area contributed by atoms with E-state index in [4.69, 9.17) is 0 Å². The molecule has 1 rings (SSSR count). The van der Waals surface area contributed by atoms with E-state index in [1.807, 2.05) is 0 Å². The summed E-state index contributed by atoms with van der Waals surface area (Å²) < 4.78 is 72.4. The second-order valence-electron chi connectivity index (χ2n) is 2.37. The fraction of sp³-hybridized carbons (Fsp3) is 0. The van der Waals surface area contributed by atoms with Crippen molar-refractivity contribution in [2.75, 3.05) is 0 Å². The molecule has 1 aromatic rings. The molecule has 0 amide bonds. The van der Waals surface area contributed by atoms with Gasteiger partial charge in [-0.05, 0) is 12.1 Å². The van der Waals surface area contributed by atoms with Crippen LogP contribution in [0.5, 0.6) is 0 Å². The Kier molecular flexibility index (Phi) is 5.20. The second-order valence-corrected chi connectivity index (χ2v) is 2.37. The molecule has 0 spiro atoms. The fourth-order valence-corrected chi connectivity index (χ4v) is 0.764. The minimum Gasteiger partial charge on any atom is -0.445 e. The fourth-order valence-electron chi connectivity index (χ4n) is 0.764. The van der Waals surface area contributed by atoms with E-state index in [0.29, 0.717) is 0 Å². The summed E-state index contributed by atoms with van der Waals surface area (Å²) in [6, 6.07) is -0.142. The Labute approximate surface area is 118 Å². The molecule has 0 N–H and O–H groups in total. The van der Waals surface area contributed by atoms with Crippen LogP contribution in [0.4, 0.5) is 26.1 Å². The van der Waals surface area contributed by atoms with Crippen LogP contribution in [0.2, 0.25) is 0 Å². The maximum atomic E-state index is 12.3. The van der Waals surface area contributed by atoms with Crippen molar-refractivity contribution in [1.29, 1.82) is 0 Å². The molecular weight excluding hydrogens is 236 g/mol. The minimum absolute atomic E-state index is 0. The molecule has 0 heterocycles. The summed E-state index contributed by atoms with van der Waals surface area (Å²) in [6.45, 7) is -5.50. The van der Waals surface area contributed by atoms with Crippen molar-refractivity contribution in [1.82, 2.24) is 0 Å². The average Bonchev–Trinajstić information content (AvgIpc) is 1.97. The van der Waals surface area contributed by atoms with E-state index in [0.717, 1.165) is 0 Å². The van der Waals surface area contributed by atoms with Gasteiger partial charge in [-0.2, -0.15) is 0 Å². The van der Waals surface area contributed by atoms with Crippen molar-refractivity contribution >= 4 is 12.4 Å². The molecule has 0 aliphatic carbocycles. The summed E-state index contributed by atoms with van der Waals surface area (Å²) >= 11 is 0. The molecule has 0 radical (unpaired) electrons. The van der Waals surface area contributed by atoms with E-state index in [-0.39, 0.29) is 63.5 Å². The van der Waals surface area contributed by atoms with Gasteiger partial charge in [-0.15, -0.1) is 5.46 Å². The van der Waals surface area contributed by atoms with Crippen LogP contribution in [-0.4, -0.2) is 6.98 Å². The van der Waals surface area contributed by atoms with Gasteiger partial charge in [-0.1, -0.05) is 0 Å². The quantitative estimate of drug-likeness (QED) is 0.340. The van der Waals surface area contributed by atoms with Crippen LogP contribution < -0.4 is 56.8 Å². The predicted molar refractivity (Wildman–Crippen MR) is 35.0 cm³/mol. The molecule has 14 heavy (non-hydrogen) atoms. The van der Waals surface area contributed by atoms with Crippen LogP contribution in [0, 0.1) is 17.5 Å². The molecule has 0 saturated heterocycles. The van der Waals surface area contributed by atoms with Crippen LogP contribution >= 0.6 is 0 Å². The predicted octanol–water partition coefficient (Wildman–Crippen LogP) is -0.838. The maximum Gasteiger partial charge on any atom is 1.00 e. The second kappa shape index (κ2) is 5.02. The van der Waals surface area contributed by atoms with Gasteiger partial charge >= 0.3 is 58.4 Å². The molecule has 0 fully saturated rings. The van der Waals surface area contributed by atoms with Crippen LogP contribution in [0.15, 0.2) is 12.1 Å². The molecule has 0 saturated carbocycles. The van der Waals surface area contributed by atoms with Crippen molar-refractivity contribution < 1.29 is 77.5 Å². The van der Waals surface area contributed by atoms with E-state index < -0.39 is 29.9 Å². The molecule has 0 atom stereocenters. The first-order valence-electron chi connectivity index (χ1n) is 3.16. The van der Waals surface area contributed by atoms with Crippen molar-refractivity contribution in [2.45, 2.75) is 0 Å². The van der Waals surface area contributed by atoms with Crippen molar-refractivity contribution in [2.24, 2.45) is 0 Å². The number of hydrogen-bond donors (Lipinski definition) is 0. The number of rotatable bonds is 1. The van der Waals surface area contributed by atoms with Gasteiger partial charge in [0.15, 0.2) is 17.5 Å². The topological polar surface area (TPSA) is 0 Å². The number of benzene rings is 1. The molecule has 0 nitrogen and oxygen atoms in total. The molecule has 1 aromatic carbocycles. The molecule has 8 heteroatoms. The minimum atomic E-state index is -5.50. The van der Waals surface area contributed by atoms with Gasteiger partial charge in [-0.25, -0.2) is 13.2 Å². The number of hydrogen-bond acceptors (Lipinski definition) is 0. The Balaban J connectivity index is 0.00000169. The molecule has 72 valence electrons. The first-order chi connectivity index (χ1) is 5.82. The van der Waals surface area contributed by atoms with Gasteiger partial charge in [0.2, 0.25) is 0 Å². The Morgan fingerprint density at radius 2 is 1.21 bits per heavy atom. The van der Waals surface area contributed by atoms with Crippen molar-refractivity contribution in [3.8, 4) is 0 Å². The van der Waals surface area contributed by atoms with E-state index >= 15 is 0 Å². The number of halogens is 6. The van der Waals surface area contributed by atoms with E-state index in [1.165, 1.54) is 0 Å². The smallest absolute Gasteiger partial charge is 0.445 e. The zero-order chi connectivity index (χ0) is 10.2. The summed E-state index contributed by atoms with van der Waals surface area (Å²) in [5.74, 6) is -5.58. The SMILES string of the molecule is Fc1cc([B-](F)(F)F)cc(F)c1F.[K+]. The van der Waals surface area contributed by atoms with Crippen molar-refractivity contribution in [3.05, 3.63) is 29.6 Å². The Morgan fingerprint density at radius 1 is 0.857 bits per heavy atom. The third-order valence-corrected chi connectivity index (χ3v) is 1.38. The zero-order valence-corrected chi connectivity index (χ0v) is 10.1. The van der Waals surface area contributed by atoms with Crippen LogP contribution in [0.3, 0.4) is 0 Å². The molecule has 0 aliphatic heterocycles. The van der Waals surface area contributed by atoms with Gasteiger partial charge in [0.05, 0.1) is 0 Å². The Bertz CT molecular complexity index is 313. The van der Waals surface area contributed by atoms with Gasteiger partial charge in [0.25, 0.3) is 0 Å². The third-order valence-electron chi connectivity index (χ3n) is 1.38. The molecule has 0 aliphatic rings. The van der Waals surface area contributed by atoms with Crippen LogP contribution in [0.25, 0.3) is 0 Å². The van der Waals surface area contributed by atoms with Crippen molar-refractivity contribution in [3.63, 3.8) is 0 Å². The standard InChI is InChI=1S/C6H2BF6.K/c8-4-1-3(7(11,12)13)2-5(9)6(4)10;/h1-2H;/q-1;+1.